The predicted octanol–water partition coefficient (Wildman–Crippen LogP) is 5.22. The maximum absolute atomic E-state index is 6.50. The van der Waals surface area contributed by atoms with Crippen molar-refractivity contribution in [1.29, 1.82) is 0 Å². The monoisotopic (exact) mass is 463 g/mol. The Labute approximate surface area is 194 Å². The second-order valence-electron chi connectivity index (χ2n) is 8.65. The quantitative estimate of drug-likeness (QED) is 0.488. The van der Waals surface area contributed by atoms with E-state index in [1.54, 1.807) is 12.4 Å². The van der Waals surface area contributed by atoms with Gasteiger partial charge in [0.25, 0.3) is 0 Å². The van der Waals surface area contributed by atoms with E-state index < -0.39 is 0 Å². The zero-order chi connectivity index (χ0) is 21.6. The molecule has 0 aromatic carbocycles. The van der Waals surface area contributed by atoms with Crippen LogP contribution in [-0.2, 0) is 4.74 Å². The van der Waals surface area contributed by atoms with Gasteiger partial charge in [0.1, 0.15) is 5.82 Å². The molecule has 2 aromatic rings. The van der Waals surface area contributed by atoms with Crippen molar-refractivity contribution in [2.24, 2.45) is 17.6 Å². The highest BCUT2D eigenvalue weighted by atomic mass is 35.5. The Hall–Kier alpha value is -1.60. The van der Waals surface area contributed by atoms with Gasteiger partial charge in [-0.1, -0.05) is 23.2 Å². The third-order valence-electron chi connectivity index (χ3n) is 6.46. The molecule has 0 atom stereocenters. The topological polar surface area (TPSA) is 85.1 Å². The summed E-state index contributed by atoms with van der Waals surface area (Å²) in [6.07, 6.45) is 10.2. The minimum absolute atomic E-state index is 0.421. The van der Waals surface area contributed by atoms with E-state index in [0.29, 0.717) is 28.1 Å². The van der Waals surface area contributed by atoms with Crippen LogP contribution in [0, 0.1) is 11.8 Å². The Morgan fingerprint density at radius 1 is 0.968 bits per heavy atom. The van der Waals surface area contributed by atoms with Gasteiger partial charge < -0.3 is 21.1 Å². The van der Waals surface area contributed by atoms with Crippen LogP contribution in [0.15, 0.2) is 24.5 Å². The van der Waals surface area contributed by atoms with Crippen molar-refractivity contribution < 1.29 is 4.74 Å². The van der Waals surface area contributed by atoms with Crippen LogP contribution >= 0.6 is 23.2 Å². The van der Waals surface area contributed by atoms with Gasteiger partial charge >= 0.3 is 0 Å². The van der Waals surface area contributed by atoms with E-state index in [9.17, 15) is 0 Å². The van der Waals surface area contributed by atoms with Crippen LogP contribution in [0.3, 0.4) is 0 Å². The summed E-state index contributed by atoms with van der Waals surface area (Å²) in [6, 6.07) is 4.45. The summed E-state index contributed by atoms with van der Waals surface area (Å²) in [5, 5.41) is 8.10. The summed E-state index contributed by atoms with van der Waals surface area (Å²) in [5.74, 6) is 2.07. The molecule has 1 aliphatic heterocycles. The highest BCUT2D eigenvalue weighted by Crippen LogP contribution is 2.34. The SMILES string of the molecule is NCC1CCC(Nc2cc(-c3cnc(Cl)c(NCC4CCOCC4)c3)c(Cl)cn2)CC1. The molecule has 3 heterocycles. The van der Waals surface area contributed by atoms with Crippen LogP contribution in [0.2, 0.25) is 10.2 Å². The standard InChI is InChI=1S/C23H31Cl2N5O/c24-20-14-28-22(30-18-3-1-15(11-26)2-4-18)10-19(20)17-9-21(23(25)29-13-17)27-12-16-5-7-31-8-6-16/h9-10,13-16,18,27H,1-8,11-12,26H2,(H,28,30). The van der Waals surface area contributed by atoms with Crippen molar-refractivity contribution in [2.75, 3.05) is 36.9 Å². The van der Waals surface area contributed by atoms with Crippen LogP contribution in [0.4, 0.5) is 11.5 Å². The summed E-state index contributed by atoms with van der Waals surface area (Å²) in [6.45, 7) is 3.30. The smallest absolute Gasteiger partial charge is 0.152 e. The number of nitrogens with two attached hydrogens (primary N) is 1. The molecule has 0 unspecified atom stereocenters. The average molecular weight is 464 g/mol. The Kier molecular flexibility index (Phi) is 7.88. The zero-order valence-electron chi connectivity index (χ0n) is 17.7. The minimum Gasteiger partial charge on any atom is -0.382 e. The zero-order valence-corrected chi connectivity index (χ0v) is 19.3. The van der Waals surface area contributed by atoms with Crippen LogP contribution in [0.25, 0.3) is 11.1 Å². The molecule has 1 aliphatic carbocycles. The van der Waals surface area contributed by atoms with Crippen molar-refractivity contribution in [1.82, 2.24) is 9.97 Å². The van der Waals surface area contributed by atoms with Gasteiger partial charge in [0.15, 0.2) is 5.15 Å². The van der Waals surface area contributed by atoms with E-state index >= 15 is 0 Å². The first-order chi connectivity index (χ1) is 15.1. The van der Waals surface area contributed by atoms with E-state index in [1.807, 2.05) is 12.1 Å². The summed E-state index contributed by atoms with van der Waals surface area (Å²) >= 11 is 12.9. The second kappa shape index (κ2) is 10.8. The fourth-order valence-electron chi connectivity index (χ4n) is 4.41. The molecule has 8 heteroatoms. The molecular formula is C23H31Cl2N5O. The average Bonchev–Trinajstić information content (AvgIpc) is 2.81. The third-order valence-corrected chi connectivity index (χ3v) is 7.06. The maximum Gasteiger partial charge on any atom is 0.152 e. The molecule has 4 N–H and O–H groups in total. The number of nitrogens with zero attached hydrogens (tertiary/aromatic N) is 2. The van der Waals surface area contributed by atoms with E-state index in [4.69, 9.17) is 33.7 Å². The number of anilines is 2. The van der Waals surface area contributed by atoms with Crippen molar-refractivity contribution in [3.63, 3.8) is 0 Å². The molecule has 0 spiro atoms. The number of pyridine rings is 2. The molecule has 6 nitrogen and oxygen atoms in total. The molecule has 168 valence electrons. The van der Waals surface area contributed by atoms with Gasteiger partial charge in [-0.3, -0.25) is 0 Å². The molecule has 2 aliphatic rings. The first-order valence-corrected chi connectivity index (χ1v) is 12.0. The number of aromatic nitrogens is 2. The molecule has 0 bridgehead atoms. The predicted molar refractivity (Wildman–Crippen MR) is 128 cm³/mol. The van der Waals surface area contributed by atoms with Crippen LogP contribution < -0.4 is 16.4 Å². The number of nitrogens with one attached hydrogen (secondary N) is 2. The van der Waals surface area contributed by atoms with E-state index in [2.05, 4.69) is 20.6 Å². The Morgan fingerprint density at radius 3 is 2.48 bits per heavy atom. The van der Waals surface area contributed by atoms with Gasteiger partial charge in [0, 0.05) is 49.3 Å². The van der Waals surface area contributed by atoms with E-state index in [-0.39, 0.29) is 0 Å². The van der Waals surface area contributed by atoms with E-state index in [1.165, 1.54) is 0 Å². The number of halogens is 2. The Bertz CT molecular complexity index is 867. The highest BCUT2D eigenvalue weighted by Gasteiger charge is 2.21. The van der Waals surface area contributed by atoms with Crippen LogP contribution in [0.1, 0.15) is 38.5 Å². The summed E-state index contributed by atoms with van der Waals surface area (Å²) in [5.41, 5.74) is 8.46. The first-order valence-electron chi connectivity index (χ1n) is 11.2. The number of hydrogen-bond acceptors (Lipinski definition) is 6. The minimum atomic E-state index is 0.421. The van der Waals surface area contributed by atoms with Crippen LogP contribution in [-0.4, -0.2) is 42.3 Å². The molecule has 0 radical (unpaired) electrons. The fraction of sp³-hybridized carbons (Fsp3) is 0.565. The lowest BCUT2D eigenvalue weighted by molar-refractivity contribution is 0.0699. The molecule has 31 heavy (non-hydrogen) atoms. The fourth-order valence-corrected chi connectivity index (χ4v) is 4.80. The van der Waals surface area contributed by atoms with Crippen molar-refractivity contribution in [3.8, 4) is 11.1 Å². The van der Waals surface area contributed by atoms with Gasteiger partial charge in [-0.15, -0.1) is 0 Å². The van der Waals surface area contributed by atoms with Gasteiger partial charge in [0.2, 0.25) is 0 Å². The molecule has 1 saturated heterocycles. The van der Waals surface area contributed by atoms with Gasteiger partial charge in [-0.25, -0.2) is 9.97 Å². The number of hydrogen-bond donors (Lipinski definition) is 3. The summed E-state index contributed by atoms with van der Waals surface area (Å²) in [7, 11) is 0. The summed E-state index contributed by atoms with van der Waals surface area (Å²) in [4.78, 5) is 8.88. The normalized spacial score (nSPS) is 22.3. The highest BCUT2D eigenvalue weighted by molar-refractivity contribution is 6.33. The molecule has 2 fully saturated rings. The Morgan fingerprint density at radius 2 is 1.74 bits per heavy atom. The number of ether oxygens (including phenoxy) is 1. The van der Waals surface area contributed by atoms with Gasteiger partial charge in [-0.05, 0) is 69.0 Å². The molecule has 2 aromatic heterocycles. The van der Waals surface area contributed by atoms with Crippen LogP contribution in [0.5, 0.6) is 0 Å². The number of rotatable bonds is 7. The van der Waals surface area contributed by atoms with Gasteiger partial charge in [-0.2, -0.15) is 0 Å². The summed E-state index contributed by atoms with van der Waals surface area (Å²) < 4.78 is 5.44. The lowest BCUT2D eigenvalue weighted by Crippen LogP contribution is -2.29. The van der Waals surface area contributed by atoms with Crippen molar-refractivity contribution >= 4 is 34.7 Å². The third kappa shape index (κ3) is 6.01. The van der Waals surface area contributed by atoms with Crippen molar-refractivity contribution in [3.05, 3.63) is 34.7 Å². The Balaban J connectivity index is 1.46. The van der Waals surface area contributed by atoms with E-state index in [0.717, 1.165) is 87.5 Å². The van der Waals surface area contributed by atoms with Crippen molar-refractivity contribution in [2.45, 2.75) is 44.6 Å². The molecule has 4 rings (SSSR count). The first kappa shape index (κ1) is 22.6. The second-order valence-corrected chi connectivity index (χ2v) is 9.41. The maximum atomic E-state index is 6.50. The lowest BCUT2D eigenvalue weighted by Gasteiger charge is -2.28. The molecule has 0 amide bonds. The largest absolute Gasteiger partial charge is 0.382 e. The molecular weight excluding hydrogens is 433 g/mol. The lowest BCUT2D eigenvalue weighted by atomic mass is 9.86. The van der Waals surface area contributed by atoms with Gasteiger partial charge in [0.05, 0.1) is 10.7 Å². The molecule has 1 saturated carbocycles.